The molecule has 1 fully saturated rings. The van der Waals surface area contributed by atoms with Crippen LogP contribution in [0.3, 0.4) is 0 Å². The fourth-order valence-corrected chi connectivity index (χ4v) is 3.69. The lowest BCUT2D eigenvalue weighted by Gasteiger charge is -2.36. The van der Waals surface area contributed by atoms with Gasteiger partial charge < -0.3 is 5.32 Å². The Morgan fingerprint density at radius 3 is 2.39 bits per heavy atom. The molecule has 1 N–H and O–H groups in total. The summed E-state index contributed by atoms with van der Waals surface area (Å²) in [7, 11) is 2.12. The van der Waals surface area contributed by atoms with Crippen LogP contribution in [0.15, 0.2) is 0 Å². The third kappa shape index (κ3) is 5.73. The Balaban J connectivity index is 2.26. The average Bonchev–Trinajstić information content (AvgIpc) is 2.40. The first-order valence-electron chi connectivity index (χ1n) is 8.46. The van der Waals surface area contributed by atoms with Crippen LogP contribution in [-0.4, -0.2) is 13.6 Å². The highest BCUT2D eigenvalue weighted by Gasteiger charge is 2.28. The molecule has 0 spiro atoms. The lowest BCUT2D eigenvalue weighted by molar-refractivity contribution is 0.162. The van der Waals surface area contributed by atoms with Crippen LogP contribution in [0.25, 0.3) is 0 Å². The Morgan fingerprint density at radius 2 is 1.72 bits per heavy atom. The highest BCUT2D eigenvalue weighted by molar-refractivity contribution is 4.80. The summed E-state index contributed by atoms with van der Waals surface area (Å²) in [5.41, 5.74) is 0. The van der Waals surface area contributed by atoms with Crippen molar-refractivity contribution in [3.05, 3.63) is 0 Å². The minimum absolute atomic E-state index is 0.962. The molecular formula is C17H35N. The van der Waals surface area contributed by atoms with Gasteiger partial charge in [0, 0.05) is 0 Å². The molecule has 1 aliphatic rings. The summed E-state index contributed by atoms with van der Waals surface area (Å²) < 4.78 is 0. The van der Waals surface area contributed by atoms with Gasteiger partial charge in [-0.1, -0.05) is 65.2 Å². The van der Waals surface area contributed by atoms with Gasteiger partial charge in [-0.05, 0) is 44.2 Å². The summed E-state index contributed by atoms with van der Waals surface area (Å²) in [6.07, 6.45) is 14.5. The van der Waals surface area contributed by atoms with Gasteiger partial charge in [-0.2, -0.15) is 0 Å². The summed E-state index contributed by atoms with van der Waals surface area (Å²) in [5.74, 6) is 3.00. The number of hydrogen-bond acceptors (Lipinski definition) is 1. The van der Waals surface area contributed by atoms with Crippen molar-refractivity contribution in [2.45, 2.75) is 78.1 Å². The van der Waals surface area contributed by atoms with Crippen LogP contribution in [-0.2, 0) is 0 Å². The smallest absolute Gasteiger partial charge is 0.00209 e. The summed E-state index contributed by atoms with van der Waals surface area (Å²) in [6, 6.07) is 0. The fourth-order valence-electron chi connectivity index (χ4n) is 3.69. The molecule has 18 heavy (non-hydrogen) atoms. The number of rotatable bonds is 9. The molecule has 3 unspecified atom stereocenters. The molecule has 108 valence electrons. The van der Waals surface area contributed by atoms with Gasteiger partial charge in [-0.3, -0.25) is 0 Å². The highest BCUT2D eigenvalue weighted by Crippen LogP contribution is 2.38. The van der Waals surface area contributed by atoms with E-state index in [-0.39, 0.29) is 0 Å². The first kappa shape index (κ1) is 16.0. The van der Waals surface area contributed by atoms with E-state index >= 15 is 0 Å². The minimum Gasteiger partial charge on any atom is -0.319 e. The highest BCUT2D eigenvalue weighted by atomic mass is 14.8. The summed E-state index contributed by atoms with van der Waals surface area (Å²) in [5, 5.41) is 3.41. The molecule has 1 heteroatoms. The zero-order valence-corrected chi connectivity index (χ0v) is 13.0. The van der Waals surface area contributed by atoms with Crippen LogP contribution in [0.2, 0.25) is 0 Å². The monoisotopic (exact) mass is 253 g/mol. The van der Waals surface area contributed by atoms with E-state index in [4.69, 9.17) is 0 Å². The van der Waals surface area contributed by atoms with Crippen molar-refractivity contribution in [3.63, 3.8) is 0 Å². The quantitative estimate of drug-likeness (QED) is 0.570. The first-order valence-corrected chi connectivity index (χ1v) is 8.46. The molecule has 0 aromatic heterocycles. The van der Waals surface area contributed by atoms with Gasteiger partial charge in [0.1, 0.15) is 0 Å². The van der Waals surface area contributed by atoms with E-state index in [9.17, 15) is 0 Å². The molecule has 1 saturated carbocycles. The fraction of sp³-hybridized carbons (Fsp3) is 1.00. The summed E-state index contributed by atoms with van der Waals surface area (Å²) in [6.45, 7) is 5.92. The van der Waals surface area contributed by atoms with Gasteiger partial charge in [0.2, 0.25) is 0 Å². The molecule has 3 atom stereocenters. The normalized spacial score (nSPS) is 28.5. The van der Waals surface area contributed by atoms with Crippen LogP contribution in [0.4, 0.5) is 0 Å². The lowest BCUT2D eigenvalue weighted by atomic mass is 9.71. The van der Waals surface area contributed by atoms with Crippen molar-refractivity contribution in [2.24, 2.45) is 17.8 Å². The van der Waals surface area contributed by atoms with E-state index < -0.39 is 0 Å². The minimum atomic E-state index is 0.962. The van der Waals surface area contributed by atoms with Crippen molar-refractivity contribution >= 4 is 0 Å². The molecule has 0 saturated heterocycles. The standard InChI is InChI=1S/C17H35N/c1-4-6-7-8-9-10-16-13-15(5-2)11-12-17(16)14-18-3/h15-18H,4-14H2,1-3H3. The third-order valence-corrected chi connectivity index (χ3v) is 4.97. The van der Waals surface area contributed by atoms with Crippen molar-refractivity contribution in [2.75, 3.05) is 13.6 Å². The molecule has 1 rings (SSSR count). The predicted molar refractivity (Wildman–Crippen MR) is 81.9 cm³/mol. The average molecular weight is 253 g/mol. The Morgan fingerprint density at radius 1 is 0.944 bits per heavy atom. The maximum Gasteiger partial charge on any atom is -0.00209 e. The molecule has 1 nitrogen and oxygen atoms in total. The number of unbranched alkanes of at least 4 members (excludes halogenated alkanes) is 4. The summed E-state index contributed by atoms with van der Waals surface area (Å²) >= 11 is 0. The van der Waals surface area contributed by atoms with Crippen LogP contribution in [0.1, 0.15) is 78.1 Å². The van der Waals surface area contributed by atoms with Gasteiger partial charge >= 0.3 is 0 Å². The second-order valence-corrected chi connectivity index (χ2v) is 6.37. The molecular weight excluding hydrogens is 218 g/mol. The number of hydrogen-bond donors (Lipinski definition) is 1. The van der Waals surface area contributed by atoms with E-state index in [1.807, 2.05) is 0 Å². The van der Waals surface area contributed by atoms with Crippen molar-refractivity contribution < 1.29 is 0 Å². The Labute approximate surface area is 115 Å². The van der Waals surface area contributed by atoms with E-state index in [2.05, 4.69) is 26.2 Å². The zero-order valence-electron chi connectivity index (χ0n) is 13.0. The van der Waals surface area contributed by atoms with Gasteiger partial charge in [-0.15, -0.1) is 0 Å². The SMILES string of the molecule is CCCCCCCC1CC(CC)CCC1CNC. The van der Waals surface area contributed by atoms with Gasteiger partial charge in [0.05, 0.1) is 0 Å². The van der Waals surface area contributed by atoms with Crippen LogP contribution in [0.5, 0.6) is 0 Å². The molecule has 0 heterocycles. The van der Waals surface area contributed by atoms with E-state index in [1.165, 1.54) is 70.8 Å². The molecule has 0 radical (unpaired) electrons. The topological polar surface area (TPSA) is 12.0 Å². The van der Waals surface area contributed by atoms with E-state index in [1.54, 1.807) is 0 Å². The largest absolute Gasteiger partial charge is 0.319 e. The molecule has 1 aliphatic carbocycles. The second kappa shape index (κ2) is 9.83. The molecule has 0 bridgehead atoms. The molecule has 0 aromatic carbocycles. The lowest BCUT2D eigenvalue weighted by Crippen LogP contribution is -2.31. The Bertz CT molecular complexity index is 190. The Hall–Kier alpha value is -0.0400. The van der Waals surface area contributed by atoms with E-state index in [0.717, 1.165) is 17.8 Å². The number of nitrogens with one attached hydrogen (secondary N) is 1. The summed E-state index contributed by atoms with van der Waals surface area (Å²) in [4.78, 5) is 0. The predicted octanol–water partition coefficient (Wildman–Crippen LogP) is 5.01. The van der Waals surface area contributed by atoms with Crippen LogP contribution in [0, 0.1) is 17.8 Å². The third-order valence-electron chi connectivity index (χ3n) is 4.97. The van der Waals surface area contributed by atoms with Gasteiger partial charge in [0.15, 0.2) is 0 Å². The van der Waals surface area contributed by atoms with Crippen molar-refractivity contribution in [3.8, 4) is 0 Å². The Kier molecular flexibility index (Phi) is 8.75. The molecule has 0 amide bonds. The van der Waals surface area contributed by atoms with Crippen LogP contribution < -0.4 is 5.32 Å². The first-order chi connectivity index (χ1) is 8.81. The molecule has 0 aromatic rings. The van der Waals surface area contributed by atoms with Gasteiger partial charge in [-0.25, -0.2) is 0 Å². The van der Waals surface area contributed by atoms with Crippen molar-refractivity contribution in [1.29, 1.82) is 0 Å². The molecule has 0 aliphatic heterocycles. The van der Waals surface area contributed by atoms with Crippen LogP contribution >= 0.6 is 0 Å². The maximum atomic E-state index is 3.41. The zero-order chi connectivity index (χ0) is 13.2. The second-order valence-electron chi connectivity index (χ2n) is 6.37. The van der Waals surface area contributed by atoms with Gasteiger partial charge in [0.25, 0.3) is 0 Å². The van der Waals surface area contributed by atoms with Crippen molar-refractivity contribution in [1.82, 2.24) is 5.32 Å². The maximum absolute atomic E-state index is 3.41. The van der Waals surface area contributed by atoms with E-state index in [0.29, 0.717) is 0 Å².